The number of aromatic nitrogens is 3. The summed E-state index contributed by atoms with van der Waals surface area (Å²) in [6.07, 6.45) is 2.92. The molecule has 1 atom stereocenters. The summed E-state index contributed by atoms with van der Waals surface area (Å²) in [6.45, 7) is 6.51. The second-order valence-corrected chi connectivity index (χ2v) is 8.85. The third-order valence-corrected chi connectivity index (χ3v) is 5.62. The van der Waals surface area contributed by atoms with Gasteiger partial charge in [-0.15, -0.1) is 11.6 Å². The van der Waals surface area contributed by atoms with E-state index in [0.29, 0.717) is 36.3 Å². The average molecular weight is 521 g/mol. The van der Waals surface area contributed by atoms with Gasteiger partial charge in [-0.25, -0.2) is 14.8 Å². The van der Waals surface area contributed by atoms with E-state index in [2.05, 4.69) is 30.9 Å². The van der Waals surface area contributed by atoms with Gasteiger partial charge in [0.1, 0.15) is 35.5 Å². The van der Waals surface area contributed by atoms with Crippen molar-refractivity contribution in [3.63, 3.8) is 0 Å². The molecule has 0 spiro atoms. The Labute approximate surface area is 220 Å². The number of carbonyl (C=O) groups is 1. The van der Waals surface area contributed by atoms with Crippen molar-refractivity contribution in [2.24, 2.45) is 0 Å². The standard InChI is InChI=1S/C27H29ClN6O3/c1-17-13-20(8-10-23(17)37-21-9-7-18(2)30-15-21)34-26-25-22(32-16-33-26)5-4-6-24(25)36-19(3)14-31-27(35)29-12-11-28/h4-10,13,15-16,19H,11-12,14H2,1-3H3,(H2,29,31,35)(H,32,33,34)/t19-/m1/s1. The topological polar surface area (TPSA) is 110 Å². The normalized spacial score (nSPS) is 11.6. The highest BCUT2D eigenvalue weighted by Gasteiger charge is 2.14. The number of carbonyl (C=O) groups excluding carboxylic acids is 1. The maximum atomic E-state index is 11.8. The molecule has 9 nitrogen and oxygen atoms in total. The summed E-state index contributed by atoms with van der Waals surface area (Å²) in [5.74, 6) is 2.99. The molecular formula is C27H29ClN6O3. The third kappa shape index (κ3) is 6.98. The number of anilines is 2. The average Bonchev–Trinajstić information content (AvgIpc) is 2.89. The van der Waals surface area contributed by atoms with Crippen molar-refractivity contribution in [3.05, 3.63) is 72.3 Å². The third-order valence-electron chi connectivity index (χ3n) is 5.43. The summed E-state index contributed by atoms with van der Waals surface area (Å²) >= 11 is 5.60. The number of halogens is 1. The van der Waals surface area contributed by atoms with Gasteiger partial charge in [0.05, 0.1) is 23.6 Å². The number of rotatable bonds is 10. The SMILES string of the molecule is Cc1ccc(Oc2ccc(Nc3ncnc4cccc(O[C@H](C)CNC(=O)NCCCl)c34)cc2C)cn1. The number of alkyl halides is 1. The Morgan fingerprint density at radius 3 is 2.65 bits per heavy atom. The molecule has 2 heterocycles. The number of fused-ring (bicyclic) bond motifs is 1. The van der Waals surface area contributed by atoms with Crippen molar-refractivity contribution in [2.45, 2.75) is 26.9 Å². The summed E-state index contributed by atoms with van der Waals surface area (Å²) in [6, 6.07) is 15.0. The Bertz CT molecular complexity index is 1360. The van der Waals surface area contributed by atoms with Crippen molar-refractivity contribution in [1.29, 1.82) is 0 Å². The second-order valence-electron chi connectivity index (χ2n) is 8.47. The van der Waals surface area contributed by atoms with Crippen LogP contribution in [0.4, 0.5) is 16.3 Å². The van der Waals surface area contributed by atoms with Gasteiger partial charge in [-0.3, -0.25) is 4.98 Å². The van der Waals surface area contributed by atoms with Crippen LogP contribution in [0.1, 0.15) is 18.2 Å². The fraction of sp³-hybridized carbons (Fsp3) is 0.259. The number of benzene rings is 2. The first-order chi connectivity index (χ1) is 17.9. The Morgan fingerprint density at radius 2 is 1.89 bits per heavy atom. The highest BCUT2D eigenvalue weighted by atomic mass is 35.5. The van der Waals surface area contributed by atoms with Gasteiger partial charge in [-0.2, -0.15) is 0 Å². The van der Waals surface area contributed by atoms with E-state index in [4.69, 9.17) is 21.1 Å². The van der Waals surface area contributed by atoms with Gasteiger partial charge in [0.15, 0.2) is 0 Å². The number of nitrogens with zero attached hydrogens (tertiary/aromatic N) is 3. The molecule has 0 saturated carbocycles. The highest BCUT2D eigenvalue weighted by molar-refractivity contribution is 6.18. The maximum absolute atomic E-state index is 11.8. The van der Waals surface area contributed by atoms with Crippen LogP contribution in [-0.4, -0.2) is 46.1 Å². The van der Waals surface area contributed by atoms with E-state index in [-0.39, 0.29) is 12.1 Å². The molecule has 0 unspecified atom stereocenters. The molecule has 0 saturated heterocycles. The van der Waals surface area contributed by atoms with Crippen LogP contribution < -0.4 is 25.4 Å². The lowest BCUT2D eigenvalue weighted by Gasteiger charge is -2.18. The number of hydrogen-bond acceptors (Lipinski definition) is 7. The van der Waals surface area contributed by atoms with Crippen molar-refractivity contribution in [2.75, 3.05) is 24.3 Å². The minimum absolute atomic E-state index is 0.291. The Kier molecular flexibility index (Phi) is 8.58. The van der Waals surface area contributed by atoms with E-state index < -0.39 is 0 Å². The summed E-state index contributed by atoms with van der Waals surface area (Å²) < 4.78 is 12.2. The Balaban J connectivity index is 1.50. The van der Waals surface area contributed by atoms with Gasteiger partial charge < -0.3 is 25.4 Å². The quantitative estimate of drug-likeness (QED) is 0.237. The number of amides is 2. The molecule has 192 valence electrons. The maximum Gasteiger partial charge on any atom is 0.314 e. The molecule has 4 aromatic rings. The van der Waals surface area contributed by atoms with Crippen LogP contribution in [0, 0.1) is 13.8 Å². The molecule has 2 aromatic carbocycles. The molecule has 2 amide bonds. The van der Waals surface area contributed by atoms with E-state index in [1.165, 1.54) is 6.33 Å². The van der Waals surface area contributed by atoms with Crippen molar-refractivity contribution < 1.29 is 14.3 Å². The molecule has 4 rings (SSSR count). The number of aryl methyl sites for hydroxylation is 2. The van der Waals surface area contributed by atoms with Gasteiger partial charge in [0, 0.05) is 23.8 Å². The minimum atomic E-state index is -0.296. The lowest BCUT2D eigenvalue weighted by Crippen LogP contribution is -2.41. The van der Waals surface area contributed by atoms with E-state index in [0.717, 1.165) is 33.6 Å². The van der Waals surface area contributed by atoms with E-state index >= 15 is 0 Å². The summed E-state index contributed by atoms with van der Waals surface area (Å²) in [5.41, 5.74) is 3.46. The van der Waals surface area contributed by atoms with Crippen LogP contribution in [0.2, 0.25) is 0 Å². The molecule has 0 fully saturated rings. The smallest absolute Gasteiger partial charge is 0.314 e. The summed E-state index contributed by atoms with van der Waals surface area (Å²) in [5, 5.41) is 9.56. The minimum Gasteiger partial charge on any atom is -0.488 e. The highest BCUT2D eigenvalue weighted by Crippen LogP contribution is 2.33. The van der Waals surface area contributed by atoms with Crippen LogP contribution in [-0.2, 0) is 0 Å². The first kappa shape index (κ1) is 26.0. The lowest BCUT2D eigenvalue weighted by atomic mass is 10.1. The fourth-order valence-electron chi connectivity index (χ4n) is 3.61. The predicted octanol–water partition coefficient (Wildman–Crippen LogP) is 5.48. The Morgan fingerprint density at radius 1 is 1.03 bits per heavy atom. The van der Waals surface area contributed by atoms with Crippen molar-refractivity contribution in [3.8, 4) is 17.2 Å². The zero-order chi connectivity index (χ0) is 26.2. The largest absolute Gasteiger partial charge is 0.488 e. The predicted molar refractivity (Wildman–Crippen MR) is 145 cm³/mol. The van der Waals surface area contributed by atoms with Gasteiger partial charge in [-0.05, 0) is 68.8 Å². The molecule has 0 aliphatic heterocycles. The monoisotopic (exact) mass is 520 g/mol. The molecule has 37 heavy (non-hydrogen) atoms. The second kappa shape index (κ2) is 12.2. The van der Waals surface area contributed by atoms with Crippen molar-refractivity contribution >= 4 is 40.0 Å². The first-order valence-electron chi connectivity index (χ1n) is 11.9. The molecule has 0 aliphatic rings. The lowest BCUT2D eigenvalue weighted by molar-refractivity contribution is 0.209. The number of pyridine rings is 1. The van der Waals surface area contributed by atoms with Gasteiger partial charge in [0.2, 0.25) is 0 Å². The zero-order valence-electron chi connectivity index (χ0n) is 20.9. The molecule has 2 aromatic heterocycles. The fourth-order valence-corrected chi connectivity index (χ4v) is 3.70. The van der Waals surface area contributed by atoms with E-state index in [1.54, 1.807) is 6.20 Å². The number of urea groups is 1. The molecule has 0 aliphatic carbocycles. The van der Waals surface area contributed by atoms with E-state index in [9.17, 15) is 4.79 Å². The summed E-state index contributed by atoms with van der Waals surface area (Å²) in [4.78, 5) is 25.0. The van der Waals surface area contributed by atoms with Crippen LogP contribution in [0.25, 0.3) is 10.9 Å². The molecule has 0 bridgehead atoms. The van der Waals surface area contributed by atoms with Gasteiger partial charge in [0.25, 0.3) is 0 Å². The Hall–Kier alpha value is -4.11. The van der Waals surface area contributed by atoms with Gasteiger partial charge >= 0.3 is 6.03 Å². The van der Waals surface area contributed by atoms with Crippen molar-refractivity contribution in [1.82, 2.24) is 25.6 Å². The first-order valence-corrected chi connectivity index (χ1v) is 12.4. The summed E-state index contributed by atoms with van der Waals surface area (Å²) in [7, 11) is 0. The number of ether oxygens (including phenoxy) is 2. The number of nitrogens with one attached hydrogen (secondary N) is 3. The molecule has 0 radical (unpaired) electrons. The van der Waals surface area contributed by atoms with Crippen LogP contribution in [0.15, 0.2) is 61.1 Å². The van der Waals surface area contributed by atoms with Crippen LogP contribution in [0.5, 0.6) is 17.2 Å². The zero-order valence-corrected chi connectivity index (χ0v) is 21.7. The van der Waals surface area contributed by atoms with Crippen LogP contribution >= 0.6 is 11.6 Å². The number of hydrogen-bond donors (Lipinski definition) is 3. The van der Waals surface area contributed by atoms with E-state index in [1.807, 2.05) is 69.3 Å². The van der Waals surface area contributed by atoms with Gasteiger partial charge in [-0.1, -0.05) is 6.07 Å². The molecule has 10 heteroatoms. The van der Waals surface area contributed by atoms with Crippen LogP contribution in [0.3, 0.4) is 0 Å². The molecule has 3 N–H and O–H groups in total. The molecular weight excluding hydrogens is 492 g/mol.